The average molecular weight is 330 g/mol. The van der Waals surface area contributed by atoms with Gasteiger partial charge in [-0.2, -0.15) is 0 Å². The number of nitrogens with one attached hydrogen (secondary N) is 1. The molecule has 0 saturated carbocycles. The first-order valence-corrected chi connectivity index (χ1v) is 6.63. The zero-order valence-electron chi connectivity index (χ0n) is 8.27. The van der Waals surface area contributed by atoms with E-state index in [0.717, 1.165) is 5.01 Å². The molecule has 0 amide bonds. The van der Waals surface area contributed by atoms with Gasteiger partial charge in [-0.05, 0) is 41.6 Å². The summed E-state index contributed by atoms with van der Waals surface area (Å²) in [6.45, 7) is 2.13. The van der Waals surface area contributed by atoms with Crippen molar-refractivity contribution in [3.63, 3.8) is 0 Å². The van der Waals surface area contributed by atoms with E-state index in [9.17, 15) is 0 Å². The second-order valence-electron chi connectivity index (χ2n) is 3.22. The molecule has 0 saturated heterocycles. The fourth-order valence-electron chi connectivity index (χ4n) is 1.32. The molecule has 0 aliphatic heterocycles. The number of halogens is 1. The van der Waals surface area contributed by atoms with E-state index in [1.54, 1.807) is 11.3 Å². The van der Waals surface area contributed by atoms with Crippen LogP contribution in [-0.2, 0) is 0 Å². The Balaban J connectivity index is 2.13. The Morgan fingerprint density at radius 1 is 1.40 bits per heavy atom. The van der Waals surface area contributed by atoms with Gasteiger partial charge >= 0.3 is 0 Å². The third-order valence-corrected chi connectivity index (χ3v) is 3.97. The number of rotatable bonds is 3. The van der Waals surface area contributed by atoms with E-state index in [4.69, 9.17) is 0 Å². The van der Waals surface area contributed by atoms with Crippen molar-refractivity contribution in [2.45, 2.75) is 13.0 Å². The van der Waals surface area contributed by atoms with E-state index >= 15 is 0 Å². The van der Waals surface area contributed by atoms with Crippen LogP contribution in [0.5, 0.6) is 0 Å². The lowest BCUT2D eigenvalue weighted by molar-refractivity contribution is 0.868. The molecule has 2 aromatic rings. The molecule has 2 nitrogen and oxygen atoms in total. The fraction of sp³-hybridized carbons (Fsp3) is 0.182. The van der Waals surface area contributed by atoms with Gasteiger partial charge in [-0.25, -0.2) is 4.98 Å². The van der Waals surface area contributed by atoms with E-state index in [0.29, 0.717) is 0 Å². The van der Waals surface area contributed by atoms with E-state index < -0.39 is 0 Å². The van der Waals surface area contributed by atoms with Crippen molar-refractivity contribution in [1.29, 1.82) is 0 Å². The SMILES string of the molecule is C[C@@H](Nc1ccccc1I)c1nccs1. The van der Waals surface area contributed by atoms with Crippen LogP contribution in [0.1, 0.15) is 18.0 Å². The molecule has 1 aromatic carbocycles. The first-order valence-electron chi connectivity index (χ1n) is 4.68. The zero-order chi connectivity index (χ0) is 10.7. The highest BCUT2D eigenvalue weighted by Crippen LogP contribution is 2.24. The summed E-state index contributed by atoms with van der Waals surface area (Å²) in [6.07, 6.45) is 1.84. The Morgan fingerprint density at radius 3 is 2.87 bits per heavy atom. The van der Waals surface area contributed by atoms with Gasteiger partial charge in [0, 0.05) is 20.8 Å². The van der Waals surface area contributed by atoms with E-state index in [1.165, 1.54) is 9.26 Å². The molecular weight excluding hydrogens is 319 g/mol. The molecule has 0 aliphatic carbocycles. The summed E-state index contributed by atoms with van der Waals surface area (Å²) in [7, 11) is 0. The lowest BCUT2D eigenvalue weighted by atomic mass is 10.3. The van der Waals surface area contributed by atoms with Crippen LogP contribution in [0.25, 0.3) is 0 Å². The summed E-state index contributed by atoms with van der Waals surface area (Å²) < 4.78 is 1.23. The predicted octanol–water partition coefficient (Wildman–Crippen LogP) is 3.92. The van der Waals surface area contributed by atoms with Crippen molar-refractivity contribution in [2.24, 2.45) is 0 Å². The average Bonchev–Trinajstić information content (AvgIpc) is 2.74. The van der Waals surface area contributed by atoms with Crippen molar-refractivity contribution in [3.8, 4) is 0 Å². The second kappa shape index (κ2) is 4.94. The molecule has 78 valence electrons. The van der Waals surface area contributed by atoms with Crippen molar-refractivity contribution in [2.75, 3.05) is 5.32 Å². The number of thiazole rings is 1. The number of hydrogen-bond acceptors (Lipinski definition) is 3. The van der Waals surface area contributed by atoms with Crippen molar-refractivity contribution in [1.82, 2.24) is 4.98 Å². The topological polar surface area (TPSA) is 24.9 Å². The molecule has 2 rings (SSSR count). The molecule has 1 aromatic heterocycles. The zero-order valence-corrected chi connectivity index (χ0v) is 11.2. The summed E-state index contributed by atoms with van der Waals surface area (Å²) >= 11 is 4.01. The molecule has 4 heteroatoms. The minimum absolute atomic E-state index is 0.265. The van der Waals surface area contributed by atoms with Crippen LogP contribution in [0.2, 0.25) is 0 Å². The molecule has 0 fully saturated rings. The van der Waals surface area contributed by atoms with Crippen LogP contribution < -0.4 is 5.32 Å². The summed E-state index contributed by atoms with van der Waals surface area (Å²) in [4.78, 5) is 4.30. The number of nitrogens with zero attached hydrogens (tertiary/aromatic N) is 1. The highest BCUT2D eigenvalue weighted by atomic mass is 127. The minimum Gasteiger partial charge on any atom is -0.375 e. The van der Waals surface area contributed by atoms with Crippen molar-refractivity contribution >= 4 is 39.6 Å². The number of aromatic nitrogens is 1. The van der Waals surface area contributed by atoms with Crippen LogP contribution in [0.15, 0.2) is 35.8 Å². The van der Waals surface area contributed by atoms with Crippen molar-refractivity contribution in [3.05, 3.63) is 44.4 Å². The molecule has 0 spiro atoms. The maximum Gasteiger partial charge on any atom is 0.115 e. The Hall–Kier alpha value is -0.620. The Morgan fingerprint density at radius 2 is 2.20 bits per heavy atom. The monoisotopic (exact) mass is 330 g/mol. The van der Waals surface area contributed by atoms with Gasteiger partial charge in [0.1, 0.15) is 5.01 Å². The van der Waals surface area contributed by atoms with Gasteiger partial charge in [-0.3, -0.25) is 0 Å². The second-order valence-corrected chi connectivity index (χ2v) is 5.30. The van der Waals surface area contributed by atoms with Gasteiger partial charge < -0.3 is 5.32 Å². The van der Waals surface area contributed by atoms with E-state index in [-0.39, 0.29) is 6.04 Å². The maximum atomic E-state index is 4.30. The highest BCUT2D eigenvalue weighted by Gasteiger charge is 2.08. The van der Waals surface area contributed by atoms with E-state index in [2.05, 4.69) is 51.9 Å². The maximum absolute atomic E-state index is 4.30. The molecule has 1 atom stereocenters. The summed E-state index contributed by atoms with van der Waals surface area (Å²) in [5.41, 5.74) is 1.17. The third kappa shape index (κ3) is 2.69. The van der Waals surface area contributed by atoms with Crippen LogP contribution in [0, 0.1) is 3.57 Å². The van der Waals surface area contributed by atoms with Gasteiger partial charge in [-0.15, -0.1) is 11.3 Å². The van der Waals surface area contributed by atoms with Crippen LogP contribution in [0.3, 0.4) is 0 Å². The molecule has 0 bridgehead atoms. The fourth-order valence-corrected chi connectivity index (χ4v) is 2.51. The molecule has 0 radical (unpaired) electrons. The Labute approximate surface area is 107 Å². The number of anilines is 1. The molecule has 15 heavy (non-hydrogen) atoms. The first kappa shape index (κ1) is 10.9. The van der Waals surface area contributed by atoms with Crippen LogP contribution in [0.4, 0.5) is 5.69 Å². The first-order chi connectivity index (χ1) is 7.27. The smallest absolute Gasteiger partial charge is 0.115 e. The van der Waals surface area contributed by atoms with Gasteiger partial charge in [0.25, 0.3) is 0 Å². The number of benzene rings is 1. The lowest BCUT2D eigenvalue weighted by Crippen LogP contribution is -2.06. The molecule has 1 heterocycles. The normalized spacial score (nSPS) is 12.4. The molecular formula is C11H11IN2S. The quantitative estimate of drug-likeness (QED) is 0.863. The van der Waals surface area contributed by atoms with Crippen molar-refractivity contribution < 1.29 is 0 Å². The van der Waals surface area contributed by atoms with Gasteiger partial charge in [0.2, 0.25) is 0 Å². The van der Waals surface area contributed by atoms with Crippen LogP contribution >= 0.6 is 33.9 Å². The minimum atomic E-state index is 0.265. The largest absolute Gasteiger partial charge is 0.375 e. The van der Waals surface area contributed by atoms with Gasteiger partial charge in [0.15, 0.2) is 0 Å². The Kier molecular flexibility index (Phi) is 3.58. The summed E-state index contributed by atoms with van der Waals surface area (Å²) in [5, 5.41) is 6.58. The number of hydrogen-bond donors (Lipinski definition) is 1. The standard InChI is InChI=1S/C11H11IN2S/c1-8(11-13-6-7-15-11)14-10-5-3-2-4-9(10)12/h2-8,14H,1H3/t8-/m1/s1. The third-order valence-electron chi connectivity index (χ3n) is 2.07. The summed E-state index contributed by atoms with van der Waals surface area (Å²) in [6, 6.07) is 8.53. The van der Waals surface area contributed by atoms with E-state index in [1.807, 2.05) is 23.7 Å². The van der Waals surface area contributed by atoms with Gasteiger partial charge in [-0.1, -0.05) is 12.1 Å². The molecule has 0 aliphatic rings. The highest BCUT2D eigenvalue weighted by molar-refractivity contribution is 14.1. The molecule has 0 unspecified atom stereocenters. The number of para-hydroxylation sites is 1. The summed E-state index contributed by atoms with van der Waals surface area (Å²) in [5.74, 6) is 0. The van der Waals surface area contributed by atoms with Gasteiger partial charge in [0.05, 0.1) is 6.04 Å². The lowest BCUT2D eigenvalue weighted by Gasteiger charge is -2.13. The molecule has 1 N–H and O–H groups in total. The van der Waals surface area contributed by atoms with Crippen LogP contribution in [-0.4, -0.2) is 4.98 Å². The predicted molar refractivity (Wildman–Crippen MR) is 73.3 cm³/mol. The Bertz CT molecular complexity index is 428.